The molecule has 1 aromatic carbocycles. The molecule has 0 bridgehead atoms. The molecule has 1 aliphatic rings. The van der Waals surface area contributed by atoms with E-state index in [1.807, 2.05) is 20.0 Å². The molecule has 0 radical (unpaired) electrons. The van der Waals surface area contributed by atoms with Crippen LogP contribution in [0.5, 0.6) is 5.75 Å². The second kappa shape index (κ2) is 4.12. The molecule has 0 fully saturated rings. The van der Waals surface area contributed by atoms with Crippen molar-refractivity contribution in [3.63, 3.8) is 0 Å². The highest BCUT2D eigenvalue weighted by Gasteiger charge is 2.31. The van der Waals surface area contributed by atoms with Crippen molar-refractivity contribution in [1.29, 1.82) is 0 Å². The van der Waals surface area contributed by atoms with Gasteiger partial charge in [0.25, 0.3) is 0 Å². The first-order valence-corrected chi connectivity index (χ1v) is 6.18. The van der Waals surface area contributed by atoms with Gasteiger partial charge in [-0.15, -0.1) is 0 Å². The summed E-state index contributed by atoms with van der Waals surface area (Å²) < 4.78 is 1.69. The summed E-state index contributed by atoms with van der Waals surface area (Å²) in [7, 11) is 1.82. The van der Waals surface area contributed by atoms with Crippen LogP contribution in [0.3, 0.4) is 0 Å². The standard InChI is InChI=1S/C14H15N3O2/c1-8-13-11(9-4-3-5-10(18)6-9)7-12(19)15-14(13)17(2)16-8/h3-6,11,18H,7H2,1-2H3,(H,15,19)/t11-/m1/s1. The number of aryl methyl sites for hydroxylation is 2. The van der Waals surface area contributed by atoms with Crippen molar-refractivity contribution < 1.29 is 9.90 Å². The van der Waals surface area contributed by atoms with Crippen molar-refractivity contribution in [1.82, 2.24) is 9.78 Å². The van der Waals surface area contributed by atoms with Gasteiger partial charge in [0.15, 0.2) is 0 Å². The zero-order valence-electron chi connectivity index (χ0n) is 10.8. The lowest BCUT2D eigenvalue weighted by Crippen LogP contribution is -2.24. The SMILES string of the molecule is Cc1nn(C)c2c1[C@@H](c1cccc(O)c1)CC(=O)N2. The topological polar surface area (TPSA) is 67.1 Å². The second-order valence-corrected chi connectivity index (χ2v) is 4.87. The van der Waals surface area contributed by atoms with Gasteiger partial charge in [-0.3, -0.25) is 9.48 Å². The number of anilines is 1. The summed E-state index contributed by atoms with van der Waals surface area (Å²) in [5.41, 5.74) is 2.88. The van der Waals surface area contributed by atoms with Crippen molar-refractivity contribution in [3.05, 3.63) is 41.1 Å². The third kappa shape index (κ3) is 1.87. The highest BCUT2D eigenvalue weighted by molar-refractivity contribution is 5.94. The number of hydrogen-bond donors (Lipinski definition) is 2. The number of phenolic OH excluding ortho intramolecular Hbond substituents is 1. The number of amides is 1. The second-order valence-electron chi connectivity index (χ2n) is 4.87. The van der Waals surface area contributed by atoms with Gasteiger partial charge in [-0.1, -0.05) is 12.1 Å². The van der Waals surface area contributed by atoms with Crippen LogP contribution < -0.4 is 5.32 Å². The van der Waals surface area contributed by atoms with Crippen LogP contribution in [0.4, 0.5) is 5.82 Å². The maximum absolute atomic E-state index is 11.8. The molecular weight excluding hydrogens is 242 g/mol. The Morgan fingerprint density at radius 2 is 2.26 bits per heavy atom. The highest BCUT2D eigenvalue weighted by atomic mass is 16.3. The average Bonchev–Trinajstić information content (AvgIpc) is 2.64. The van der Waals surface area contributed by atoms with E-state index in [9.17, 15) is 9.90 Å². The summed E-state index contributed by atoms with van der Waals surface area (Å²) in [4.78, 5) is 11.8. The van der Waals surface area contributed by atoms with E-state index in [0.29, 0.717) is 6.42 Å². The van der Waals surface area contributed by atoms with E-state index >= 15 is 0 Å². The number of phenols is 1. The van der Waals surface area contributed by atoms with Crippen LogP contribution in [0.25, 0.3) is 0 Å². The maximum Gasteiger partial charge on any atom is 0.226 e. The van der Waals surface area contributed by atoms with Gasteiger partial charge in [-0.25, -0.2) is 0 Å². The Morgan fingerprint density at radius 3 is 3.00 bits per heavy atom. The summed E-state index contributed by atoms with van der Waals surface area (Å²) >= 11 is 0. The van der Waals surface area contributed by atoms with Crippen LogP contribution in [-0.2, 0) is 11.8 Å². The van der Waals surface area contributed by atoms with E-state index in [1.54, 1.807) is 22.9 Å². The van der Waals surface area contributed by atoms with Crippen molar-refractivity contribution in [2.45, 2.75) is 19.3 Å². The molecule has 1 amide bonds. The minimum Gasteiger partial charge on any atom is -0.508 e. The molecule has 1 aliphatic heterocycles. The predicted molar refractivity (Wildman–Crippen MR) is 71.1 cm³/mol. The third-order valence-electron chi connectivity index (χ3n) is 3.54. The smallest absolute Gasteiger partial charge is 0.226 e. The van der Waals surface area contributed by atoms with E-state index in [2.05, 4.69) is 10.4 Å². The number of aromatic nitrogens is 2. The van der Waals surface area contributed by atoms with Crippen molar-refractivity contribution in [2.75, 3.05) is 5.32 Å². The van der Waals surface area contributed by atoms with Crippen molar-refractivity contribution in [3.8, 4) is 5.75 Å². The normalized spacial score (nSPS) is 18.0. The Hall–Kier alpha value is -2.30. The van der Waals surface area contributed by atoms with Gasteiger partial charge in [0.1, 0.15) is 11.6 Å². The Balaban J connectivity index is 2.16. The number of hydrogen-bond acceptors (Lipinski definition) is 3. The largest absolute Gasteiger partial charge is 0.508 e. The summed E-state index contributed by atoms with van der Waals surface area (Å²) in [5, 5.41) is 16.8. The van der Waals surface area contributed by atoms with E-state index < -0.39 is 0 Å². The van der Waals surface area contributed by atoms with Crippen LogP contribution in [0.1, 0.15) is 29.2 Å². The number of aromatic hydroxyl groups is 1. The Bertz CT molecular complexity index is 661. The molecule has 0 saturated heterocycles. The van der Waals surface area contributed by atoms with Gasteiger partial charge < -0.3 is 10.4 Å². The summed E-state index contributed by atoms with van der Waals surface area (Å²) in [6, 6.07) is 7.06. The van der Waals surface area contributed by atoms with E-state index in [0.717, 1.165) is 22.6 Å². The molecule has 1 atom stereocenters. The van der Waals surface area contributed by atoms with E-state index in [1.165, 1.54) is 0 Å². The number of nitrogens with zero attached hydrogens (tertiary/aromatic N) is 2. The minimum absolute atomic E-state index is 0.0242. The zero-order valence-corrected chi connectivity index (χ0v) is 10.8. The number of carbonyl (C=O) groups is 1. The fourth-order valence-corrected chi connectivity index (χ4v) is 2.74. The highest BCUT2D eigenvalue weighted by Crippen LogP contribution is 2.39. The first-order valence-electron chi connectivity index (χ1n) is 6.18. The first kappa shape index (κ1) is 11.8. The molecule has 0 spiro atoms. The van der Waals surface area contributed by atoms with Crippen LogP contribution in [-0.4, -0.2) is 20.8 Å². The molecule has 0 saturated carbocycles. The lowest BCUT2D eigenvalue weighted by Gasteiger charge is -2.24. The summed E-state index contributed by atoms with van der Waals surface area (Å²) in [5.74, 6) is 0.891. The number of benzene rings is 1. The first-order chi connectivity index (χ1) is 9.06. The van der Waals surface area contributed by atoms with Crippen LogP contribution >= 0.6 is 0 Å². The molecular formula is C14H15N3O2. The molecule has 5 nitrogen and oxygen atoms in total. The molecule has 5 heteroatoms. The molecule has 2 aromatic rings. The monoisotopic (exact) mass is 257 g/mol. The lowest BCUT2D eigenvalue weighted by atomic mass is 9.86. The Labute approximate surface area is 110 Å². The number of rotatable bonds is 1. The summed E-state index contributed by atoms with van der Waals surface area (Å²) in [6.07, 6.45) is 0.378. The number of carbonyl (C=O) groups excluding carboxylic acids is 1. The summed E-state index contributed by atoms with van der Waals surface area (Å²) in [6.45, 7) is 1.94. The molecule has 2 heterocycles. The van der Waals surface area contributed by atoms with Crippen LogP contribution in [0.2, 0.25) is 0 Å². The average molecular weight is 257 g/mol. The minimum atomic E-state index is -0.0513. The van der Waals surface area contributed by atoms with Gasteiger partial charge in [-0.2, -0.15) is 5.10 Å². The molecule has 1 aromatic heterocycles. The Morgan fingerprint density at radius 1 is 1.47 bits per heavy atom. The van der Waals surface area contributed by atoms with Gasteiger partial charge in [0.05, 0.1) is 5.69 Å². The van der Waals surface area contributed by atoms with Gasteiger partial charge in [0.2, 0.25) is 5.91 Å². The van der Waals surface area contributed by atoms with Crippen LogP contribution in [0.15, 0.2) is 24.3 Å². The fourth-order valence-electron chi connectivity index (χ4n) is 2.74. The molecule has 3 rings (SSSR count). The van der Waals surface area contributed by atoms with E-state index in [4.69, 9.17) is 0 Å². The quantitative estimate of drug-likeness (QED) is 0.820. The van der Waals surface area contributed by atoms with Crippen molar-refractivity contribution in [2.24, 2.45) is 7.05 Å². The van der Waals surface area contributed by atoms with Crippen molar-refractivity contribution >= 4 is 11.7 Å². The number of nitrogens with one attached hydrogen (secondary N) is 1. The Kier molecular flexibility index (Phi) is 2.55. The molecule has 2 N–H and O–H groups in total. The van der Waals surface area contributed by atoms with Gasteiger partial charge in [0, 0.05) is 24.9 Å². The van der Waals surface area contributed by atoms with Gasteiger partial charge >= 0.3 is 0 Å². The molecule has 0 unspecified atom stereocenters. The van der Waals surface area contributed by atoms with Gasteiger partial charge in [-0.05, 0) is 24.6 Å². The molecule has 0 aliphatic carbocycles. The van der Waals surface area contributed by atoms with E-state index in [-0.39, 0.29) is 17.6 Å². The molecule has 98 valence electrons. The zero-order chi connectivity index (χ0) is 13.6. The molecule has 19 heavy (non-hydrogen) atoms. The predicted octanol–water partition coefficient (Wildman–Crippen LogP) is 1.91. The lowest BCUT2D eigenvalue weighted by molar-refractivity contribution is -0.116. The third-order valence-corrected chi connectivity index (χ3v) is 3.54. The fraction of sp³-hybridized carbons (Fsp3) is 0.286. The maximum atomic E-state index is 11.8. The van der Waals surface area contributed by atoms with Crippen LogP contribution in [0, 0.1) is 6.92 Å². The number of fused-ring (bicyclic) bond motifs is 1.